The fourth-order valence-corrected chi connectivity index (χ4v) is 3.25. The Morgan fingerprint density at radius 1 is 1.12 bits per heavy atom. The maximum Gasteiger partial charge on any atom is 0.254 e. The number of hydrogen-bond donors (Lipinski definition) is 0. The van der Waals surface area contributed by atoms with Gasteiger partial charge in [0.25, 0.3) is 5.91 Å². The van der Waals surface area contributed by atoms with Crippen LogP contribution < -0.4 is 0 Å². The highest BCUT2D eigenvalue weighted by Crippen LogP contribution is 2.25. The summed E-state index contributed by atoms with van der Waals surface area (Å²) in [6.07, 6.45) is 1.66. The van der Waals surface area contributed by atoms with E-state index in [1.54, 1.807) is 19.2 Å². The number of likely N-dealkylation sites (N-methyl/N-ethyl adjacent to an activating group) is 1. The third-order valence-corrected chi connectivity index (χ3v) is 4.66. The number of ether oxygens (including phenoxy) is 2. The predicted molar refractivity (Wildman–Crippen MR) is 88.4 cm³/mol. The van der Waals surface area contributed by atoms with Crippen molar-refractivity contribution < 1.29 is 19.1 Å². The number of piperidine rings is 1. The molecular formula is C18H24N2O4. The molecule has 0 atom stereocenters. The lowest BCUT2D eigenvalue weighted by atomic mass is 9.96. The van der Waals surface area contributed by atoms with Gasteiger partial charge in [-0.15, -0.1) is 0 Å². The lowest BCUT2D eigenvalue weighted by Crippen LogP contribution is -2.46. The summed E-state index contributed by atoms with van der Waals surface area (Å²) < 4.78 is 11.1. The van der Waals surface area contributed by atoms with E-state index in [2.05, 4.69) is 0 Å². The van der Waals surface area contributed by atoms with Crippen molar-refractivity contribution in [3.63, 3.8) is 0 Å². The highest BCUT2D eigenvalue weighted by molar-refractivity contribution is 5.96. The zero-order chi connectivity index (χ0) is 16.9. The van der Waals surface area contributed by atoms with E-state index in [0.717, 1.165) is 12.8 Å². The van der Waals surface area contributed by atoms with E-state index in [9.17, 15) is 9.59 Å². The van der Waals surface area contributed by atoms with Crippen molar-refractivity contribution in [1.29, 1.82) is 0 Å². The van der Waals surface area contributed by atoms with Crippen LogP contribution in [0.4, 0.5) is 0 Å². The Morgan fingerprint density at radius 3 is 2.38 bits per heavy atom. The predicted octanol–water partition coefficient (Wildman–Crippen LogP) is 1.37. The summed E-state index contributed by atoms with van der Waals surface area (Å²) in [5.41, 5.74) is 0.599. The molecule has 0 unspecified atom stereocenters. The third kappa shape index (κ3) is 3.94. The first-order valence-electron chi connectivity index (χ1n) is 8.46. The molecule has 0 N–H and O–H groups in total. The first kappa shape index (κ1) is 16.9. The number of nitrogens with zero attached hydrogens (tertiary/aromatic N) is 2. The molecule has 0 aromatic heterocycles. The Kier molecular flexibility index (Phi) is 5.48. The maximum atomic E-state index is 12.4. The van der Waals surface area contributed by atoms with Gasteiger partial charge in [-0.25, -0.2) is 0 Å². The van der Waals surface area contributed by atoms with Crippen LogP contribution in [0.1, 0.15) is 23.2 Å². The summed E-state index contributed by atoms with van der Waals surface area (Å²) in [5, 5.41) is 0. The molecule has 1 aromatic rings. The van der Waals surface area contributed by atoms with E-state index < -0.39 is 0 Å². The second kappa shape index (κ2) is 7.77. The Balaban J connectivity index is 1.48. The van der Waals surface area contributed by atoms with Gasteiger partial charge in [-0.1, -0.05) is 18.2 Å². The van der Waals surface area contributed by atoms with Crippen LogP contribution in [-0.2, 0) is 14.3 Å². The maximum absolute atomic E-state index is 12.4. The van der Waals surface area contributed by atoms with Gasteiger partial charge in [-0.3, -0.25) is 9.59 Å². The smallest absolute Gasteiger partial charge is 0.254 e. The van der Waals surface area contributed by atoms with Crippen molar-refractivity contribution in [2.24, 2.45) is 5.92 Å². The Hall–Kier alpha value is -1.92. The largest absolute Gasteiger partial charge is 0.350 e. The monoisotopic (exact) mass is 332 g/mol. The first-order chi connectivity index (χ1) is 11.6. The number of amides is 2. The molecule has 0 aliphatic carbocycles. The number of likely N-dealkylation sites (tertiary alicyclic amines) is 1. The van der Waals surface area contributed by atoms with Crippen LogP contribution in [0.3, 0.4) is 0 Å². The molecule has 24 heavy (non-hydrogen) atoms. The summed E-state index contributed by atoms with van der Waals surface area (Å²) in [5.74, 6) is 0.223. The van der Waals surface area contributed by atoms with Gasteiger partial charge in [0.05, 0.1) is 19.8 Å². The zero-order valence-corrected chi connectivity index (χ0v) is 14.0. The van der Waals surface area contributed by atoms with Crippen molar-refractivity contribution in [3.8, 4) is 0 Å². The van der Waals surface area contributed by atoms with Crippen molar-refractivity contribution in [1.82, 2.24) is 9.80 Å². The van der Waals surface area contributed by atoms with Crippen LogP contribution in [0.15, 0.2) is 30.3 Å². The molecule has 2 aliphatic rings. The molecule has 2 heterocycles. The highest BCUT2D eigenvalue weighted by Gasteiger charge is 2.32. The molecule has 2 saturated heterocycles. The van der Waals surface area contributed by atoms with Crippen molar-refractivity contribution in [3.05, 3.63) is 35.9 Å². The van der Waals surface area contributed by atoms with Gasteiger partial charge in [0.1, 0.15) is 0 Å². The molecule has 3 rings (SSSR count). The molecule has 2 fully saturated rings. The first-order valence-corrected chi connectivity index (χ1v) is 8.46. The van der Waals surface area contributed by atoms with Crippen LogP contribution in [0.2, 0.25) is 0 Å². The number of hydrogen-bond acceptors (Lipinski definition) is 4. The highest BCUT2D eigenvalue weighted by atomic mass is 16.7. The van der Waals surface area contributed by atoms with Gasteiger partial charge >= 0.3 is 0 Å². The Bertz CT molecular complexity index is 564. The van der Waals surface area contributed by atoms with Gasteiger partial charge in [0.15, 0.2) is 6.29 Å². The summed E-state index contributed by atoms with van der Waals surface area (Å²) >= 11 is 0. The number of benzene rings is 1. The van der Waals surface area contributed by atoms with E-state index in [4.69, 9.17) is 9.47 Å². The molecule has 1 aromatic carbocycles. The number of rotatable bonds is 4. The Morgan fingerprint density at radius 2 is 1.75 bits per heavy atom. The fourth-order valence-electron chi connectivity index (χ4n) is 3.25. The average Bonchev–Trinajstić information content (AvgIpc) is 3.16. The Labute approximate surface area is 142 Å². The van der Waals surface area contributed by atoms with Crippen molar-refractivity contribution >= 4 is 11.8 Å². The number of carbonyl (C=O) groups excluding carboxylic acids is 2. The molecule has 0 saturated carbocycles. The second-order valence-corrected chi connectivity index (χ2v) is 6.36. The van der Waals surface area contributed by atoms with Crippen LogP contribution >= 0.6 is 0 Å². The SMILES string of the molecule is CN(CC(=O)N1CCC(C2OCCO2)CC1)C(=O)c1ccccc1. The van der Waals surface area contributed by atoms with E-state index in [1.165, 1.54) is 4.90 Å². The van der Waals surface area contributed by atoms with E-state index >= 15 is 0 Å². The lowest BCUT2D eigenvalue weighted by molar-refractivity contribution is -0.137. The fraction of sp³-hybridized carbons (Fsp3) is 0.556. The summed E-state index contributed by atoms with van der Waals surface area (Å²) in [6.45, 7) is 2.82. The summed E-state index contributed by atoms with van der Waals surface area (Å²) in [7, 11) is 1.67. The second-order valence-electron chi connectivity index (χ2n) is 6.36. The van der Waals surface area contributed by atoms with Gasteiger partial charge in [-0.05, 0) is 25.0 Å². The minimum absolute atomic E-state index is 0.00603. The molecule has 6 nitrogen and oxygen atoms in total. The molecule has 2 amide bonds. The molecule has 0 spiro atoms. The van der Waals surface area contributed by atoms with Crippen LogP contribution in [0.25, 0.3) is 0 Å². The van der Waals surface area contributed by atoms with Crippen molar-refractivity contribution in [2.45, 2.75) is 19.1 Å². The van der Waals surface area contributed by atoms with Crippen molar-refractivity contribution in [2.75, 3.05) is 39.9 Å². The molecular weight excluding hydrogens is 308 g/mol. The lowest BCUT2D eigenvalue weighted by Gasteiger charge is -2.34. The average molecular weight is 332 g/mol. The van der Waals surface area contributed by atoms with Gasteiger partial charge in [0, 0.05) is 31.6 Å². The normalized spacial score (nSPS) is 19.5. The molecule has 6 heteroatoms. The number of carbonyl (C=O) groups is 2. The van der Waals surface area contributed by atoms with Gasteiger partial charge in [-0.2, -0.15) is 0 Å². The topological polar surface area (TPSA) is 59.1 Å². The minimum Gasteiger partial charge on any atom is -0.350 e. The quantitative estimate of drug-likeness (QED) is 0.836. The summed E-state index contributed by atoms with van der Waals surface area (Å²) in [4.78, 5) is 28.1. The van der Waals surface area contributed by atoms with Crippen LogP contribution in [0.5, 0.6) is 0 Å². The molecule has 2 aliphatic heterocycles. The van der Waals surface area contributed by atoms with Gasteiger partial charge in [0.2, 0.25) is 5.91 Å². The minimum atomic E-state index is -0.133. The van der Waals surface area contributed by atoms with Crippen LogP contribution in [0, 0.1) is 5.92 Å². The molecule has 130 valence electrons. The zero-order valence-electron chi connectivity index (χ0n) is 14.0. The third-order valence-electron chi connectivity index (χ3n) is 4.66. The standard InChI is InChI=1S/C18H24N2O4/c1-19(17(22)14-5-3-2-4-6-14)13-16(21)20-9-7-15(8-10-20)18-23-11-12-24-18/h2-6,15,18H,7-13H2,1H3. The molecule has 0 radical (unpaired) electrons. The van der Waals surface area contributed by atoms with E-state index in [-0.39, 0.29) is 24.6 Å². The van der Waals surface area contributed by atoms with E-state index in [0.29, 0.717) is 37.8 Å². The summed E-state index contributed by atoms with van der Waals surface area (Å²) in [6, 6.07) is 9.03. The van der Waals surface area contributed by atoms with Gasteiger partial charge < -0.3 is 19.3 Å². The van der Waals surface area contributed by atoms with Crippen LogP contribution in [-0.4, -0.2) is 67.8 Å². The molecule has 0 bridgehead atoms. The van der Waals surface area contributed by atoms with E-state index in [1.807, 2.05) is 23.1 Å².